The molecule has 40 heavy (non-hydrogen) atoms. The van der Waals surface area contributed by atoms with E-state index in [1.807, 2.05) is 22.7 Å². The van der Waals surface area contributed by atoms with Gasteiger partial charge in [0.1, 0.15) is 0 Å². The first kappa shape index (κ1) is 27.1. The molecule has 1 unspecified atom stereocenters. The molecule has 10 nitrogen and oxygen atoms in total. The van der Waals surface area contributed by atoms with E-state index < -0.39 is 0 Å². The summed E-state index contributed by atoms with van der Waals surface area (Å²) in [5.74, 6) is 0.454. The van der Waals surface area contributed by atoms with Crippen molar-refractivity contribution in [2.75, 3.05) is 64.4 Å². The number of fused-ring (bicyclic) bond motifs is 1. The van der Waals surface area contributed by atoms with Crippen LogP contribution < -0.4 is 4.90 Å². The highest BCUT2D eigenvalue weighted by atomic mass is 16.5. The molecule has 2 atom stereocenters. The van der Waals surface area contributed by atoms with E-state index in [9.17, 15) is 9.90 Å². The van der Waals surface area contributed by atoms with Crippen LogP contribution in [0.15, 0.2) is 41.7 Å². The standard InChI is InChI=1S/C30H41N7O3/c1-21(20-38)34-9-6-30(40-2,7-10-34)24-3-4-26(32-18-24)23-17-28-27(5-8-33-37(28)19-23)35-11-13-36(14-12-35)29(39)22-15-25(31)16-22/h3-5,8,17,19,21-22,24,31,38H,6-7,9-16,18,20H2,1-2H3/t21-,22?,24?/m1/s1. The van der Waals surface area contributed by atoms with Crippen LogP contribution >= 0.6 is 0 Å². The summed E-state index contributed by atoms with van der Waals surface area (Å²) in [6, 6.07) is 4.41. The smallest absolute Gasteiger partial charge is 0.226 e. The van der Waals surface area contributed by atoms with E-state index in [-0.39, 0.29) is 36.0 Å². The van der Waals surface area contributed by atoms with Crippen LogP contribution in [0, 0.1) is 17.2 Å². The van der Waals surface area contributed by atoms with Gasteiger partial charge in [0, 0.05) is 94.5 Å². The molecular formula is C30H41N7O3. The summed E-state index contributed by atoms with van der Waals surface area (Å²) in [6.45, 7) is 7.77. The number of amides is 1. The predicted molar refractivity (Wildman–Crippen MR) is 156 cm³/mol. The molecule has 6 rings (SSSR count). The van der Waals surface area contributed by atoms with E-state index in [0.717, 1.165) is 61.5 Å². The summed E-state index contributed by atoms with van der Waals surface area (Å²) in [7, 11) is 1.82. The van der Waals surface area contributed by atoms with E-state index >= 15 is 0 Å². The van der Waals surface area contributed by atoms with Gasteiger partial charge in [0.25, 0.3) is 0 Å². The summed E-state index contributed by atoms with van der Waals surface area (Å²) in [5, 5.41) is 21.8. The van der Waals surface area contributed by atoms with Gasteiger partial charge in [-0.15, -0.1) is 0 Å². The zero-order valence-corrected chi connectivity index (χ0v) is 23.6. The molecule has 1 saturated carbocycles. The number of aliphatic hydroxyl groups is 1. The molecule has 0 aromatic carbocycles. The number of aliphatic hydroxyl groups excluding tert-OH is 1. The minimum Gasteiger partial charge on any atom is -0.395 e. The number of aliphatic imine (C=N–C) groups is 1. The SMILES string of the molecule is COC1(C2C=CC(c3cc4c(N5CCN(C(=O)C6CC(=N)C6)CC5)ccnn4c3)=NC2)CCN([C@H](C)CO)CC1. The van der Waals surface area contributed by atoms with Crippen LogP contribution in [0.5, 0.6) is 0 Å². The lowest BCUT2D eigenvalue weighted by atomic mass is 9.77. The molecule has 4 aliphatic rings. The highest BCUT2D eigenvalue weighted by molar-refractivity contribution is 6.10. The number of allylic oxidation sites excluding steroid dienone is 1. The molecule has 1 amide bonds. The number of nitrogens with one attached hydrogen (secondary N) is 1. The van der Waals surface area contributed by atoms with E-state index in [4.69, 9.17) is 15.1 Å². The van der Waals surface area contributed by atoms with Gasteiger partial charge < -0.3 is 25.1 Å². The summed E-state index contributed by atoms with van der Waals surface area (Å²) in [5.41, 5.74) is 4.66. The maximum atomic E-state index is 12.7. The van der Waals surface area contributed by atoms with Gasteiger partial charge in [-0.1, -0.05) is 6.08 Å². The molecule has 3 fully saturated rings. The highest BCUT2D eigenvalue weighted by Crippen LogP contribution is 2.37. The maximum Gasteiger partial charge on any atom is 0.226 e. The van der Waals surface area contributed by atoms with Crippen molar-refractivity contribution < 1.29 is 14.6 Å². The molecule has 5 heterocycles. The van der Waals surface area contributed by atoms with Crippen molar-refractivity contribution in [3.8, 4) is 0 Å². The number of dihydropyridines is 1. The van der Waals surface area contributed by atoms with Crippen LogP contribution in [0.1, 0.15) is 38.2 Å². The van der Waals surface area contributed by atoms with Crippen molar-refractivity contribution in [2.24, 2.45) is 16.8 Å². The molecule has 10 heteroatoms. The van der Waals surface area contributed by atoms with Crippen molar-refractivity contribution in [1.29, 1.82) is 5.41 Å². The van der Waals surface area contributed by atoms with E-state index in [1.165, 1.54) is 0 Å². The van der Waals surface area contributed by atoms with Gasteiger partial charge in [0.15, 0.2) is 0 Å². The summed E-state index contributed by atoms with van der Waals surface area (Å²) in [4.78, 5) is 24.4. The Morgan fingerprint density at radius 3 is 2.58 bits per heavy atom. The van der Waals surface area contributed by atoms with Crippen LogP contribution in [0.2, 0.25) is 0 Å². The molecule has 0 bridgehead atoms. The molecule has 0 radical (unpaired) electrons. The minimum absolute atomic E-state index is 0.0188. The number of likely N-dealkylation sites (tertiary alicyclic amines) is 1. The molecule has 2 saturated heterocycles. The van der Waals surface area contributed by atoms with Gasteiger partial charge in [0.05, 0.1) is 29.1 Å². The first-order valence-electron chi connectivity index (χ1n) is 14.6. The van der Waals surface area contributed by atoms with Crippen molar-refractivity contribution in [1.82, 2.24) is 19.4 Å². The summed E-state index contributed by atoms with van der Waals surface area (Å²) >= 11 is 0. The van der Waals surface area contributed by atoms with Crippen molar-refractivity contribution in [3.63, 3.8) is 0 Å². The third kappa shape index (κ3) is 4.97. The minimum atomic E-state index is -0.221. The largest absolute Gasteiger partial charge is 0.395 e. The van der Waals surface area contributed by atoms with Gasteiger partial charge in [-0.3, -0.25) is 14.7 Å². The number of carbonyl (C=O) groups excluding carboxylic acids is 1. The number of hydrogen-bond acceptors (Lipinski definition) is 8. The second-order valence-electron chi connectivity index (χ2n) is 11.8. The topological polar surface area (TPSA) is 110 Å². The maximum absolute atomic E-state index is 12.7. The number of aromatic nitrogens is 2. The number of nitrogens with zero attached hydrogens (tertiary/aromatic N) is 6. The van der Waals surface area contributed by atoms with Crippen molar-refractivity contribution in [2.45, 2.75) is 44.2 Å². The van der Waals surface area contributed by atoms with E-state index in [2.05, 4.69) is 52.3 Å². The lowest BCUT2D eigenvalue weighted by Gasteiger charge is -2.46. The lowest BCUT2D eigenvalue weighted by molar-refractivity contribution is -0.136. The lowest BCUT2D eigenvalue weighted by Crippen LogP contribution is -2.53. The van der Waals surface area contributed by atoms with Crippen molar-refractivity contribution in [3.05, 3.63) is 42.2 Å². The number of ether oxygens (including phenoxy) is 1. The van der Waals surface area contributed by atoms with Crippen LogP contribution in [-0.4, -0.2) is 113 Å². The average Bonchev–Trinajstić information content (AvgIpc) is 3.44. The molecule has 0 spiro atoms. The van der Waals surface area contributed by atoms with E-state index in [1.54, 1.807) is 0 Å². The number of carbonyl (C=O) groups is 1. The Balaban J connectivity index is 1.12. The van der Waals surface area contributed by atoms with Crippen LogP contribution in [0.25, 0.3) is 5.52 Å². The molecular weight excluding hydrogens is 506 g/mol. The normalized spacial score (nSPS) is 26.1. The third-order valence-electron chi connectivity index (χ3n) is 9.61. The summed E-state index contributed by atoms with van der Waals surface area (Å²) < 4.78 is 8.07. The van der Waals surface area contributed by atoms with Crippen LogP contribution in [0.4, 0.5) is 5.69 Å². The average molecular weight is 548 g/mol. The fourth-order valence-electron chi connectivity index (χ4n) is 6.77. The van der Waals surface area contributed by atoms with Gasteiger partial charge in [-0.25, -0.2) is 4.52 Å². The Labute approximate surface area is 235 Å². The molecule has 214 valence electrons. The number of hydrogen-bond donors (Lipinski definition) is 2. The van der Waals surface area contributed by atoms with Gasteiger partial charge in [-0.05, 0) is 50.8 Å². The molecule has 3 aliphatic heterocycles. The second kappa shape index (κ2) is 11.1. The Kier molecular flexibility index (Phi) is 7.50. The van der Waals surface area contributed by atoms with Crippen molar-refractivity contribution >= 4 is 28.5 Å². The monoisotopic (exact) mass is 547 g/mol. The summed E-state index contributed by atoms with van der Waals surface area (Å²) in [6.07, 6.45) is 11.4. The zero-order valence-electron chi connectivity index (χ0n) is 23.6. The van der Waals surface area contributed by atoms with Crippen LogP contribution in [-0.2, 0) is 9.53 Å². The number of piperidine rings is 1. The van der Waals surface area contributed by atoms with E-state index in [0.29, 0.717) is 38.2 Å². The highest BCUT2D eigenvalue weighted by Gasteiger charge is 2.42. The Morgan fingerprint density at radius 1 is 1.20 bits per heavy atom. The third-order valence-corrected chi connectivity index (χ3v) is 9.61. The number of anilines is 1. The first-order chi connectivity index (χ1) is 19.4. The molecule has 2 aromatic heterocycles. The number of piperazine rings is 1. The first-order valence-corrected chi connectivity index (χ1v) is 14.6. The Bertz CT molecular complexity index is 1310. The van der Waals surface area contributed by atoms with Gasteiger partial charge in [-0.2, -0.15) is 5.10 Å². The second-order valence-corrected chi connectivity index (χ2v) is 11.8. The number of methoxy groups -OCH3 is 1. The number of rotatable bonds is 7. The molecule has 2 N–H and O–H groups in total. The molecule has 2 aromatic rings. The Morgan fingerprint density at radius 2 is 1.95 bits per heavy atom. The quantitative estimate of drug-likeness (QED) is 0.550. The predicted octanol–water partition coefficient (Wildman–Crippen LogP) is 2.25. The van der Waals surface area contributed by atoms with Gasteiger partial charge in [0.2, 0.25) is 5.91 Å². The fourth-order valence-corrected chi connectivity index (χ4v) is 6.77. The zero-order chi connectivity index (χ0) is 27.9. The fraction of sp³-hybridized carbons (Fsp3) is 0.600. The van der Waals surface area contributed by atoms with Crippen LogP contribution in [0.3, 0.4) is 0 Å². The van der Waals surface area contributed by atoms with Gasteiger partial charge >= 0.3 is 0 Å². The molecule has 1 aliphatic carbocycles. The Hall–Kier alpha value is -3.08.